The molecule has 2 aromatic heterocycles. The predicted molar refractivity (Wildman–Crippen MR) is 179 cm³/mol. The fraction of sp³-hybridized carbons (Fsp3) is 0.800. The van der Waals surface area contributed by atoms with Crippen LogP contribution >= 0.6 is 0 Å². The fourth-order valence-electron chi connectivity index (χ4n) is 5.83. The molecule has 2 aromatic rings. The van der Waals surface area contributed by atoms with Crippen LogP contribution in [0.1, 0.15) is 142 Å². The molecule has 1 saturated heterocycles. The van der Waals surface area contributed by atoms with Crippen LogP contribution in [0.15, 0.2) is 17.4 Å². The number of aromatic nitrogens is 4. The van der Waals surface area contributed by atoms with Gasteiger partial charge in [-0.05, 0) is 19.3 Å². The lowest BCUT2D eigenvalue weighted by molar-refractivity contribution is -0.154. The molecular formula is C35H58N4O8. The molecule has 0 spiro atoms. The Morgan fingerprint density at radius 3 is 2.11 bits per heavy atom. The number of hydrogen-bond acceptors (Lipinski definition) is 10. The summed E-state index contributed by atoms with van der Waals surface area (Å²) in [5.41, 5.74) is 0.352. The molecule has 3 heterocycles. The van der Waals surface area contributed by atoms with Gasteiger partial charge in [-0.1, -0.05) is 103 Å². The smallest absolute Gasteiger partial charge is 0.306 e. The second-order valence-corrected chi connectivity index (χ2v) is 12.7. The van der Waals surface area contributed by atoms with Crippen molar-refractivity contribution in [2.24, 2.45) is 0 Å². The van der Waals surface area contributed by atoms with Crippen molar-refractivity contribution < 1.29 is 33.6 Å². The van der Waals surface area contributed by atoms with Gasteiger partial charge in [-0.3, -0.25) is 19.0 Å². The molecule has 0 saturated carbocycles. The van der Waals surface area contributed by atoms with E-state index < -0.39 is 18.0 Å². The monoisotopic (exact) mass is 662 g/mol. The number of carbonyl (C=O) groups is 2. The molecule has 0 aromatic carbocycles. The summed E-state index contributed by atoms with van der Waals surface area (Å²) in [6, 6.07) is 0. The number of aromatic amines is 1. The van der Waals surface area contributed by atoms with Gasteiger partial charge in [0.25, 0.3) is 5.56 Å². The summed E-state index contributed by atoms with van der Waals surface area (Å²) in [6.45, 7) is 2.84. The standard InChI is InChI=1S/C35H58N4O8/c1-2-3-4-5-6-7-8-9-10-11-12-13-14-15-16-17-22-44-23-28(40)24-45-31(41)20-21-32(42)46-25-29-18-19-30(47-29)39-27-38-33-34(39)36-26-37-35(33)43/h26-30,40H,2-25H2,1H3,(H,36,37,43)/t28?,29-,30+/m0/s1. The van der Waals surface area contributed by atoms with Crippen LogP contribution in [-0.2, 0) is 28.5 Å². The first-order valence-corrected chi connectivity index (χ1v) is 18.1. The fourth-order valence-corrected chi connectivity index (χ4v) is 5.83. The van der Waals surface area contributed by atoms with Crippen LogP contribution < -0.4 is 5.56 Å². The average Bonchev–Trinajstić information content (AvgIpc) is 3.73. The molecule has 0 amide bonds. The lowest BCUT2D eigenvalue weighted by atomic mass is 10.0. The highest BCUT2D eigenvalue weighted by molar-refractivity contribution is 5.77. The van der Waals surface area contributed by atoms with Gasteiger partial charge in [0.05, 0.1) is 38.2 Å². The number of carbonyl (C=O) groups excluding carboxylic acids is 2. The van der Waals surface area contributed by atoms with Gasteiger partial charge in [-0.2, -0.15) is 0 Å². The van der Waals surface area contributed by atoms with Gasteiger partial charge in [0.2, 0.25) is 0 Å². The van der Waals surface area contributed by atoms with Crippen molar-refractivity contribution in [3.63, 3.8) is 0 Å². The van der Waals surface area contributed by atoms with Crippen LogP contribution in [0.3, 0.4) is 0 Å². The van der Waals surface area contributed by atoms with Gasteiger partial charge < -0.3 is 29.0 Å². The Kier molecular flexibility index (Phi) is 19.3. The molecule has 1 fully saturated rings. The summed E-state index contributed by atoms with van der Waals surface area (Å²) in [6.07, 6.45) is 23.4. The molecule has 1 aliphatic heterocycles. The minimum Gasteiger partial charge on any atom is -0.463 e. The van der Waals surface area contributed by atoms with Crippen LogP contribution in [0.4, 0.5) is 0 Å². The largest absolute Gasteiger partial charge is 0.463 e. The molecule has 1 aliphatic rings. The number of imidazole rings is 1. The maximum atomic E-state index is 12.1. The zero-order chi connectivity index (χ0) is 33.5. The molecule has 2 N–H and O–H groups in total. The SMILES string of the molecule is CCCCCCCCCCCCCCCCCCOCC(O)COC(=O)CCC(=O)OC[C@@H]1CC[C@H](n2cnc3c(=O)[nH]cnc32)O1. The number of ether oxygens (including phenoxy) is 4. The number of aliphatic hydroxyl groups is 1. The number of fused-ring (bicyclic) bond motifs is 1. The van der Waals surface area contributed by atoms with Crippen LogP contribution in [0.25, 0.3) is 11.2 Å². The van der Waals surface area contributed by atoms with Gasteiger partial charge in [0, 0.05) is 6.61 Å². The Hall–Kier alpha value is -2.83. The van der Waals surface area contributed by atoms with Crippen LogP contribution in [0.2, 0.25) is 0 Å². The third-order valence-electron chi connectivity index (χ3n) is 8.61. The maximum Gasteiger partial charge on any atom is 0.306 e. The van der Waals surface area contributed by atoms with Crippen LogP contribution in [-0.4, -0.2) is 75.2 Å². The number of hydrogen-bond donors (Lipinski definition) is 2. The second-order valence-electron chi connectivity index (χ2n) is 12.7. The Morgan fingerprint density at radius 2 is 1.47 bits per heavy atom. The zero-order valence-corrected chi connectivity index (χ0v) is 28.5. The molecule has 12 nitrogen and oxygen atoms in total. The zero-order valence-electron chi connectivity index (χ0n) is 28.5. The number of H-pyrrole nitrogens is 1. The van der Waals surface area contributed by atoms with E-state index in [-0.39, 0.29) is 56.1 Å². The summed E-state index contributed by atoms with van der Waals surface area (Å²) in [7, 11) is 0. The first-order chi connectivity index (χ1) is 23.0. The molecule has 47 heavy (non-hydrogen) atoms. The molecule has 12 heteroatoms. The van der Waals surface area contributed by atoms with Crippen molar-refractivity contribution in [2.45, 2.75) is 154 Å². The van der Waals surface area contributed by atoms with Crippen molar-refractivity contribution in [3.05, 3.63) is 23.0 Å². The Morgan fingerprint density at radius 1 is 0.872 bits per heavy atom. The maximum absolute atomic E-state index is 12.1. The second kappa shape index (κ2) is 23.5. The van der Waals surface area contributed by atoms with E-state index in [4.69, 9.17) is 18.9 Å². The lowest BCUT2D eigenvalue weighted by Crippen LogP contribution is -2.24. The van der Waals surface area contributed by atoms with E-state index in [1.807, 2.05) is 0 Å². The highest BCUT2D eigenvalue weighted by Crippen LogP contribution is 2.30. The van der Waals surface area contributed by atoms with Crippen molar-refractivity contribution >= 4 is 23.1 Å². The van der Waals surface area contributed by atoms with E-state index in [1.165, 1.54) is 103 Å². The summed E-state index contributed by atoms with van der Waals surface area (Å²) in [5, 5.41) is 10.0. The van der Waals surface area contributed by atoms with Crippen LogP contribution in [0, 0.1) is 0 Å². The number of aliphatic hydroxyl groups excluding tert-OH is 1. The predicted octanol–water partition coefficient (Wildman–Crippen LogP) is 6.30. The topological polar surface area (TPSA) is 155 Å². The van der Waals surface area contributed by atoms with Gasteiger partial charge in [-0.15, -0.1) is 0 Å². The van der Waals surface area contributed by atoms with Gasteiger partial charge in [0.15, 0.2) is 11.2 Å². The Bertz CT molecular complexity index is 1200. The number of nitrogens with one attached hydrogen (secondary N) is 1. The minimum atomic E-state index is -0.902. The normalized spacial score (nSPS) is 16.9. The molecule has 1 unspecified atom stereocenters. The van der Waals surface area contributed by atoms with E-state index in [0.29, 0.717) is 25.1 Å². The van der Waals surface area contributed by atoms with E-state index >= 15 is 0 Å². The lowest BCUT2D eigenvalue weighted by Gasteiger charge is -2.15. The molecular weight excluding hydrogens is 604 g/mol. The molecule has 3 atom stereocenters. The summed E-state index contributed by atoms with van der Waals surface area (Å²) in [5.74, 6) is -1.11. The summed E-state index contributed by atoms with van der Waals surface area (Å²) in [4.78, 5) is 46.8. The Labute approximate surface area is 279 Å². The first-order valence-electron chi connectivity index (χ1n) is 18.1. The summed E-state index contributed by atoms with van der Waals surface area (Å²) >= 11 is 0. The van der Waals surface area contributed by atoms with Gasteiger partial charge in [0.1, 0.15) is 25.5 Å². The minimum absolute atomic E-state index is 0.0560. The molecule has 0 radical (unpaired) electrons. The highest BCUT2D eigenvalue weighted by Gasteiger charge is 2.29. The van der Waals surface area contributed by atoms with Gasteiger partial charge >= 0.3 is 11.9 Å². The summed E-state index contributed by atoms with van der Waals surface area (Å²) < 4.78 is 23.5. The number of nitrogens with zero attached hydrogens (tertiary/aromatic N) is 3. The molecule has 3 rings (SSSR count). The van der Waals surface area contributed by atoms with Crippen LogP contribution in [0.5, 0.6) is 0 Å². The van der Waals surface area contributed by atoms with Crippen molar-refractivity contribution in [1.29, 1.82) is 0 Å². The molecule has 266 valence electrons. The highest BCUT2D eigenvalue weighted by atomic mass is 16.6. The van der Waals surface area contributed by atoms with Crippen molar-refractivity contribution in [1.82, 2.24) is 19.5 Å². The van der Waals surface area contributed by atoms with E-state index in [0.717, 1.165) is 12.8 Å². The quantitative estimate of drug-likeness (QED) is 0.0822. The number of unbranched alkanes of at least 4 members (excludes halogenated alkanes) is 15. The van der Waals surface area contributed by atoms with Crippen molar-refractivity contribution in [2.75, 3.05) is 26.4 Å². The van der Waals surface area contributed by atoms with Crippen molar-refractivity contribution in [3.8, 4) is 0 Å². The van der Waals surface area contributed by atoms with Gasteiger partial charge in [-0.25, -0.2) is 9.97 Å². The third kappa shape index (κ3) is 15.7. The third-order valence-corrected chi connectivity index (χ3v) is 8.61. The molecule has 0 bridgehead atoms. The average molecular weight is 663 g/mol. The number of rotatable bonds is 27. The first kappa shape index (κ1) is 38.6. The number of esters is 2. The van der Waals surface area contributed by atoms with E-state index in [9.17, 15) is 19.5 Å². The van der Waals surface area contributed by atoms with E-state index in [1.54, 1.807) is 4.57 Å². The molecule has 0 aliphatic carbocycles. The Balaban J connectivity index is 1.08. The van der Waals surface area contributed by atoms with E-state index in [2.05, 4.69) is 21.9 Å².